The predicted molar refractivity (Wildman–Crippen MR) is 64.7 cm³/mol. The zero-order chi connectivity index (χ0) is 12.6. The van der Waals surface area contributed by atoms with Gasteiger partial charge in [-0.05, 0) is 26.4 Å². The van der Waals surface area contributed by atoms with Crippen molar-refractivity contribution < 1.29 is 15.3 Å². The monoisotopic (exact) mass is 244 g/mol. The maximum absolute atomic E-state index is 10.2. The number of piperidine rings is 1. The highest BCUT2D eigenvalue weighted by Crippen LogP contribution is 2.29. The fraction of sp³-hybridized carbons (Fsp3) is 1.00. The molecule has 0 amide bonds. The van der Waals surface area contributed by atoms with Gasteiger partial charge in [0.2, 0.25) is 0 Å². The van der Waals surface area contributed by atoms with Gasteiger partial charge in [0.25, 0.3) is 0 Å². The van der Waals surface area contributed by atoms with Crippen molar-refractivity contribution in [3.63, 3.8) is 0 Å². The van der Waals surface area contributed by atoms with Crippen LogP contribution in [0, 0.1) is 0 Å². The number of rotatable bonds is 3. The Kier molecular flexibility index (Phi) is 4.05. The summed E-state index contributed by atoms with van der Waals surface area (Å²) < 4.78 is 0. The fourth-order valence-corrected chi connectivity index (χ4v) is 3.21. The highest BCUT2D eigenvalue weighted by molar-refractivity contribution is 5.03. The van der Waals surface area contributed by atoms with Crippen LogP contribution in [0.2, 0.25) is 0 Å². The Balaban J connectivity index is 2.07. The molecule has 5 atom stereocenters. The number of nitrogens with zero attached hydrogens (tertiary/aromatic N) is 2. The summed E-state index contributed by atoms with van der Waals surface area (Å²) in [6.07, 6.45) is -0.385. The summed E-state index contributed by atoms with van der Waals surface area (Å²) in [5.74, 6) is 0. The molecule has 2 heterocycles. The molecule has 0 radical (unpaired) electrons. The first-order valence-corrected chi connectivity index (χ1v) is 6.54. The number of hydrogen-bond acceptors (Lipinski definition) is 5. The van der Waals surface area contributed by atoms with Crippen LogP contribution < -0.4 is 0 Å². The summed E-state index contributed by atoms with van der Waals surface area (Å²) in [4.78, 5) is 4.22. The molecule has 0 unspecified atom stereocenters. The summed E-state index contributed by atoms with van der Waals surface area (Å²) in [6, 6.07) is -0.317. The molecule has 2 aliphatic rings. The van der Waals surface area contributed by atoms with Crippen LogP contribution >= 0.6 is 0 Å². The van der Waals surface area contributed by atoms with Gasteiger partial charge in [0.05, 0.1) is 30.4 Å². The zero-order valence-electron chi connectivity index (χ0n) is 10.7. The van der Waals surface area contributed by atoms with Gasteiger partial charge in [-0.25, -0.2) is 0 Å². The third kappa shape index (κ3) is 2.35. The molecule has 2 rings (SSSR count). The summed E-state index contributed by atoms with van der Waals surface area (Å²) >= 11 is 0. The second-order valence-electron chi connectivity index (χ2n) is 5.37. The molecule has 0 bridgehead atoms. The van der Waals surface area contributed by atoms with E-state index in [4.69, 9.17) is 0 Å². The zero-order valence-corrected chi connectivity index (χ0v) is 10.7. The molecule has 0 aromatic rings. The van der Waals surface area contributed by atoms with Crippen molar-refractivity contribution in [2.24, 2.45) is 0 Å². The first-order chi connectivity index (χ1) is 8.06. The van der Waals surface area contributed by atoms with Gasteiger partial charge in [-0.1, -0.05) is 6.92 Å². The maximum atomic E-state index is 10.2. The van der Waals surface area contributed by atoms with Crippen LogP contribution in [0.5, 0.6) is 0 Å². The lowest BCUT2D eigenvalue weighted by Gasteiger charge is -2.46. The lowest BCUT2D eigenvalue weighted by Crippen LogP contribution is -2.65. The molecular weight excluding hydrogens is 220 g/mol. The molecule has 17 heavy (non-hydrogen) atoms. The van der Waals surface area contributed by atoms with Gasteiger partial charge in [0, 0.05) is 13.1 Å². The van der Waals surface area contributed by atoms with Crippen molar-refractivity contribution in [2.45, 2.75) is 50.2 Å². The average molecular weight is 244 g/mol. The van der Waals surface area contributed by atoms with Gasteiger partial charge in [-0.15, -0.1) is 0 Å². The van der Waals surface area contributed by atoms with Crippen molar-refractivity contribution in [2.75, 3.05) is 26.7 Å². The summed E-state index contributed by atoms with van der Waals surface area (Å²) in [6.45, 7) is 4.56. The largest absolute Gasteiger partial charge is 0.391 e. The molecule has 100 valence electrons. The van der Waals surface area contributed by atoms with E-state index < -0.39 is 18.3 Å². The van der Waals surface area contributed by atoms with Gasteiger partial charge in [-0.3, -0.25) is 9.80 Å². The smallest absolute Gasteiger partial charge is 0.0994 e. The number of aliphatic hydroxyl groups excluding tert-OH is 3. The lowest BCUT2D eigenvalue weighted by atomic mass is 9.90. The number of fused-ring (bicyclic) bond motifs is 1. The Morgan fingerprint density at radius 1 is 1.24 bits per heavy atom. The van der Waals surface area contributed by atoms with Crippen molar-refractivity contribution in [3.8, 4) is 0 Å². The Morgan fingerprint density at radius 2 is 1.94 bits per heavy atom. The molecule has 5 nitrogen and oxygen atoms in total. The molecule has 0 aromatic carbocycles. The lowest BCUT2D eigenvalue weighted by molar-refractivity contribution is -0.121. The van der Waals surface area contributed by atoms with E-state index in [9.17, 15) is 15.3 Å². The van der Waals surface area contributed by atoms with E-state index in [1.165, 1.54) is 0 Å². The van der Waals surface area contributed by atoms with Gasteiger partial charge in [-0.2, -0.15) is 0 Å². The summed E-state index contributed by atoms with van der Waals surface area (Å²) in [5, 5.41) is 30.1. The van der Waals surface area contributed by atoms with E-state index >= 15 is 0 Å². The van der Waals surface area contributed by atoms with Crippen LogP contribution in [0.3, 0.4) is 0 Å². The first-order valence-electron chi connectivity index (χ1n) is 6.54. The van der Waals surface area contributed by atoms with Crippen LogP contribution in [0.15, 0.2) is 0 Å². The molecule has 5 heteroatoms. The normalized spacial score (nSPS) is 43.1. The van der Waals surface area contributed by atoms with Crippen LogP contribution in [0.4, 0.5) is 0 Å². The summed E-state index contributed by atoms with van der Waals surface area (Å²) in [5.41, 5.74) is 0. The average Bonchev–Trinajstić information content (AvgIpc) is 2.65. The van der Waals surface area contributed by atoms with E-state index in [1.54, 1.807) is 0 Å². The van der Waals surface area contributed by atoms with E-state index in [2.05, 4.69) is 16.7 Å². The van der Waals surface area contributed by atoms with Crippen LogP contribution in [-0.2, 0) is 0 Å². The Bertz CT molecular complexity index is 264. The van der Waals surface area contributed by atoms with Crippen LogP contribution in [0.1, 0.15) is 19.8 Å². The molecule has 2 fully saturated rings. The number of aliphatic hydroxyl groups is 3. The SMILES string of the molecule is CCCN(C)[C@H]1CN2CC[C@H](O)[C@@H]2[C@@H](O)[C@@H]1O. The van der Waals surface area contributed by atoms with E-state index in [0.29, 0.717) is 6.42 Å². The topological polar surface area (TPSA) is 67.2 Å². The minimum Gasteiger partial charge on any atom is -0.391 e. The Hall–Kier alpha value is -0.200. The number of likely N-dealkylation sites (N-methyl/N-ethyl adjacent to an activating group) is 1. The van der Waals surface area contributed by atoms with Crippen LogP contribution in [-0.4, -0.2) is 82.2 Å². The Labute approximate surface area is 103 Å². The quantitative estimate of drug-likeness (QED) is 0.586. The highest BCUT2D eigenvalue weighted by Gasteiger charge is 2.48. The van der Waals surface area contributed by atoms with Crippen molar-refractivity contribution in [3.05, 3.63) is 0 Å². The molecule has 2 aliphatic heterocycles. The first kappa shape index (κ1) is 13.2. The molecule has 3 N–H and O–H groups in total. The highest BCUT2D eigenvalue weighted by atomic mass is 16.3. The third-order valence-electron chi connectivity index (χ3n) is 4.19. The molecular formula is C12H24N2O3. The van der Waals surface area contributed by atoms with Crippen LogP contribution in [0.25, 0.3) is 0 Å². The van der Waals surface area contributed by atoms with E-state index in [-0.39, 0.29) is 12.1 Å². The molecule has 2 saturated heterocycles. The second kappa shape index (κ2) is 5.20. The van der Waals surface area contributed by atoms with Gasteiger partial charge in [0.1, 0.15) is 0 Å². The maximum Gasteiger partial charge on any atom is 0.0994 e. The Morgan fingerprint density at radius 3 is 2.59 bits per heavy atom. The molecule has 0 saturated carbocycles. The molecule has 0 aliphatic carbocycles. The van der Waals surface area contributed by atoms with Gasteiger partial charge < -0.3 is 15.3 Å². The predicted octanol–water partition coefficient (Wildman–Crippen LogP) is -1.13. The van der Waals surface area contributed by atoms with Gasteiger partial charge in [0.15, 0.2) is 0 Å². The van der Waals surface area contributed by atoms with E-state index in [1.807, 2.05) is 7.05 Å². The minimum absolute atomic E-state index is 0.0356. The van der Waals surface area contributed by atoms with E-state index in [0.717, 1.165) is 26.1 Å². The molecule has 0 spiro atoms. The number of hydrogen-bond donors (Lipinski definition) is 3. The molecule has 0 aromatic heterocycles. The van der Waals surface area contributed by atoms with Crippen molar-refractivity contribution in [1.29, 1.82) is 0 Å². The summed E-state index contributed by atoms with van der Waals surface area (Å²) in [7, 11) is 1.98. The van der Waals surface area contributed by atoms with Crippen molar-refractivity contribution >= 4 is 0 Å². The second-order valence-corrected chi connectivity index (χ2v) is 5.37. The third-order valence-corrected chi connectivity index (χ3v) is 4.19. The van der Waals surface area contributed by atoms with Gasteiger partial charge >= 0.3 is 0 Å². The standard InChI is InChI=1S/C12H24N2O3/c1-3-5-13(2)8-7-14-6-4-9(15)10(14)12(17)11(8)16/h8-12,15-17H,3-7H2,1-2H3/t8-,9-,10+,11+,12+/m0/s1. The minimum atomic E-state index is -0.842. The van der Waals surface area contributed by atoms with Crippen molar-refractivity contribution in [1.82, 2.24) is 9.80 Å². The fourth-order valence-electron chi connectivity index (χ4n) is 3.21.